The largest absolute Gasteiger partial charge is 0.490 e. The van der Waals surface area contributed by atoms with Gasteiger partial charge in [0.25, 0.3) is 0 Å². The molecule has 132 valence electrons. The molecular weight excluding hydrogens is 320 g/mol. The van der Waals surface area contributed by atoms with Gasteiger partial charge >= 0.3 is 0 Å². The first-order valence-electron chi connectivity index (χ1n) is 8.59. The lowest BCUT2D eigenvalue weighted by Crippen LogP contribution is -2.05. The van der Waals surface area contributed by atoms with Crippen LogP contribution in [0, 0.1) is 0 Å². The number of tetrazole rings is 1. The van der Waals surface area contributed by atoms with Crippen molar-refractivity contribution in [3.8, 4) is 23.0 Å². The Morgan fingerprint density at radius 3 is 2.48 bits per heavy atom. The molecule has 0 fully saturated rings. The lowest BCUT2D eigenvalue weighted by atomic mass is 10.1. The summed E-state index contributed by atoms with van der Waals surface area (Å²) in [4.78, 5) is 8.79. The highest BCUT2D eigenvalue weighted by Crippen LogP contribution is 2.35. The molecule has 0 saturated heterocycles. The van der Waals surface area contributed by atoms with Crippen LogP contribution in [0.15, 0.2) is 18.5 Å². The normalized spacial score (nSPS) is 11.0. The van der Waals surface area contributed by atoms with Gasteiger partial charge in [-0.05, 0) is 36.8 Å². The van der Waals surface area contributed by atoms with Gasteiger partial charge in [0.2, 0.25) is 5.82 Å². The maximum absolute atomic E-state index is 5.73. The fourth-order valence-corrected chi connectivity index (χ4v) is 2.61. The van der Waals surface area contributed by atoms with Crippen molar-refractivity contribution in [1.82, 2.24) is 30.2 Å². The van der Waals surface area contributed by atoms with Crippen molar-refractivity contribution >= 4 is 10.9 Å². The lowest BCUT2D eigenvalue weighted by molar-refractivity contribution is 0.288. The third kappa shape index (κ3) is 3.52. The quantitative estimate of drug-likeness (QED) is 0.622. The molecule has 3 aromatic rings. The van der Waals surface area contributed by atoms with Crippen molar-refractivity contribution in [2.75, 3.05) is 13.2 Å². The zero-order valence-electron chi connectivity index (χ0n) is 14.8. The monoisotopic (exact) mass is 342 g/mol. The molecule has 0 spiro atoms. The zero-order chi connectivity index (χ0) is 17.6. The molecule has 0 saturated carbocycles. The summed E-state index contributed by atoms with van der Waals surface area (Å²) in [6, 6.07) is 3.77. The molecule has 0 aliphatic carbocycles. The van der Waals surface area contributed by atoms with Gasteiger partial charge in [0, 0.05) is 18.0 Å². The van der Waals surface area contributed by atoms with E-state index in [1.807, 2.05) is 26.0 Å². The van der Waals surface area contributed by atoms with E-state index in [-0.39, 0.29) is 0 Å². The van der Waals surface area contributed by atoms with Crippen LogP contribution < -0.4 is 9.47 Å². The smallest absolute Gasteiger partial charge is 0.201 e. The number of unbranched alkanes of at least 4 members (excludes halogenated alkanes) is 1. The van der Waals surface area contributed by atoms with E-state index in [0.29, 0.717) is 36.2 Å². The minimum absolute atomic E-state index is 0.544. The van der Waals surface area contributed by atoms with Gasteiger partial charge in [-0.3, -0.25) is 0 Å². The van der Waals surface area contributed by atoms with Gasteiger partial charge in [0.1, 0.15) is 12.0 Å². The van der Waals surface area contributed by atoms with Gasteiger partial charge in [-0.2, -0.15) is 0 Å². The summed E-state index contributed by atoms with van der Waals surface area (Å²) in [6.45, 7) is 7.86. The van der Waals surface area contributed by atoms with Crippen LogP contribution >= 0.6 is 0 Å². The molecule has 2 heterocycles. The number of aryl methyl sites for hydroxylation is 1. The van der Waals surface area contributed by atoms with Crippen molar-refractivity contribution in [2.45, 2.75) is 40.2 Å². The summed E-state index contributed by atoms with van der Waals surface area (Å²) in [5.41, 5.74) is 1.46. The fourth-order valence-electron chi connectivity index (χ4n) is 2.61. The highest BCUT2D eigenvalue weighted by Gasteiger charge is 2.17. The number of benzene rings is 1. The number of rotatable bonds is 8. The average Bonchev–Trinajstić information content (AvgIpc) is 3.08. The van der Waals surface area contributed by atoms with Gasteiger partial charge in [-0.15, -0.1) is 5.10 Å². The first-order valence-corrected chi connectivity index (χ1v) is 8.59. The van der Waals surface area contributed by atoms with Gasteiger partial charge in [0.05, 0.1) is 18.7 Å². The molecule has 3 rings (SSSR count). The molecule has 2 aromatic heterocycles. The molecule has 0 aliphatic heterocycles. The van der Waals surface area contributed by atoms with Gasteiger partial charge in [0.15, 0.2) is 11.5 Å². The molecule has 0 unspecified atom stereocenters. The number of aromatic nitrogens is 6. The van der Waals surface area contributed by atoms with E-state index in [0.717, 1.165) is 30.3 Å². The van der Waals surface area contributed by atoms with Crippen LogP contribution in [0.25, 0.3) is 22.4 Å². The van der Waals surface area contributed by atoms with Crippen LogP contribution in [0.5, 0.6) is 11.5 Å². The van der Waals surface area contributed by atoms with Crippen molar-refractivity contribution in [3.63, 3.8) is 0 Å². The molecule has 25 heavy (non-hydrogen) atoms. The third-order valence-corrected chi connectivity index (χ3v) is 3.77. The minimum Gasteiger partial charge on any atom is -0.490 e. The van der Waals surface area contributed by atoms with E-state index in [1.165, 1.54) is 6.33 Å². The van der Waals surface area contributed by atoms with Crippen LogP contribution in [0.4, 0.5) is 0 Å². The Kier molecular flexibility index (Phi) is 5.37. The second-order valence-electron chi connectivity index (χ2n) is 5.48. The average molecular weight is 342 g/mol. The number of hydrogen-bond acceptors (Lipinski definition) is 7. The van der Waals surface area contributed by atoms with Gasteiger partial charge < -0.3 is 9.47 Å². The number of hydrogen-bond donors (Lipinski definition) is 0. The maximum Gasteiger partial charge on any atom is 0.201 e. The summed E-state index contributed by atoms with van der Waals surface area (Å²) >= 11 is 0. The SMILES string of the molecule is CCCCn1nnnc1-c1ncnc2cc(OCC)c(OCC)cc12. The molecule has 0 aliphatic rings. The fraction of sp³-hybridized carbons (Fsp3) is 0.471. The Labute approximate surface area is 146 Å². The summed E-state index contributed by atoms with van der Waals surface area (Å²) in [6.07, 6.45) is 3.59. The zero-order valence-corrected chi connectivity index (χ0v) is 14.8. The Morgan fingerprint density at radius 1 is 1.00 bits per heavy atom. The van der Waals surface area contributed by atoms with Crippen molar-refractivity contribution in [1.29, 1.82) is 0 Å². The van der Waals surface area contributed by atoms with Gasteiger partial charge in [-0.25, -0.2) is 14.6 Å². The van der Waals surface area contributed by atoms with E-state index in [2.05, 4.69) is 32.4 Å². The van der Waals surface area contributed by atoms with E-state index in [1.54, 1.807) is 4.68 Å². The van der Waals surface area contributed by atoms with Crippen LogP contribution in [0.1, 0.15) is 33.6 Å². The highest BCUT2D eigenvalue weighted by molar-refractivity contribution is 5.92. The lowest BCUT2D eigenvalue weighted by Gasteiger charge is -2.13. The Hall–Kier alpha value is -2.77. The van der Waals surface area contributed by atoms with E-state index in [9.17, 15) is 0 Å². The number of nitrogens with zero attached hydrogens (tertiary/aromatic N) is 6. The van der Waals surface area contributed by atoms with Crippen molar-refractivity contribution in [2.24, 2.45) is 0 Å². The molecule has 8 nitrogen and oxygen atoms in total. The highest BCUT2D eigenvalue weighted by atomic mass is 16.5. The van der Waals surface area contributed by atoms with Crippen molar-refractivity contribution in [3.05, 3.63) is 18.5 Å². The molecule has 1 aromatic carbocycles. The topological polar surface area (TPSA) is 87.8 Å². The Morgan fingerprint density at radius 2 is 1.76 bits per heavy atom. The molecule has 0 amide bonds. The number of ether oxygens (including phenoxy) is 2. The van der Waals surface area contributed by atoms with E-state index >= 15 is 0 Å². The van der Waals surface area contributed by atoms with E-state index < -0.39 is 0 Å². The second kappa shape index (κ2) is 7.87. The van der Waals surface area contributed by atoms with Gasteiger partial charge in [-0.1, -0.05) is 13.3 Å². The minimum atomic E-state index is 0.544. The predicted molar refractivity (Wildman–Crippen MR) is 93.6 cm³/mol. The van der Waals surface area contributed by atoms with Crippen LogP contribution in [0.3, 0.4) is 0 Å². The molecule has 0 N–H and O–H groups in total. The van der Waals surface area contributed by atoms with Crippen molar-refractivity contribution < 1.29 is 9.47 Å². The van der Waals surface area contributed by atoms with Crippen LogP contribution in [-0.4, -0.2) is 43.4 Å². The summed E-state index contributed by atoms with van der Waals surface area (Å²) in [5, 5.41) is 12.9. The first kappa shape index (κ1) is 17.1. The first-order chi connectivity index (χ1) is 12.3. The molecule has 0 atom stereocenters. The molecular formula is C17H22N6O2. The summed E-state index contributed by atoms with van der Waals surface area (Å²) in [5.74, 6) is 1.97. The van der Waals surface area contributed by atoms with Crippen LogP contribution in [-0.2, 0) is 6.54 Å². The predicted octanol–water partition coefficient (Wildman–Crippen LogP) is 2.88. The second-order valence-corrected chi connectivity index (χ2v) is 5.48. The Balaban J connectivity index is 2.13. The Bertz CT molecular complexity index is 848. The molecule has 8 heteroatoms. The third-order valence-electron chi connectivity index (χ3n) is 3.77. The molecule has 0 bridgehead atoms. The maximum atomic E-state index is 5.73. The summed E-state index contributed by atoms with van der Waals surface area (Å²) < 4.78 is 13.2. The van der Waals surface area contributed by atoms with E-state index in [4.69, 9.17) is 9.47 Å². The number of fused-ring (bicyclic) bond motifs is 1. The van der Waals surface area contributed by atoms with Crippen LogP contribution in [0.2, 0.25) is 0 Å². The summed E-state index contributed by atoms with van der Waals surface area (Å²) in [7, 11) is 0. The molecule has 0 radical (unpaired) electrons. The standard InChI is InChI=1S/C17H22N6O2/c1-4-7-8-23-17(20-21-22-23)16-12-9-14(24-5-2)15(25-6-3)10-13(12)18-11-19-16/h9-11H,4-8H2,1-3H3.